The Morgan fingerprint density at radius 1 is 1.33 bits per heavy atom. The van der Waals surface area contributed by atoms with Crippen molar-refractivity contribution in [1.82, 2.24) is 20.3 Å². The fourth-order valence-electron chi connectivity index (χ4n) is 1.89. The number of hydrogen-bond donors (Lipinski definition) is 2. The van der Waals surface area contributed by atoms with E-state index in [1.165, 1.54) is 4.68 Å². The van der Waals surface area contributed by atoms with Gasteiger partial charge in [-0.3, -0.25) is 9.59 Å². The largest absolute Gasteiger partial charge is 0.481 e. The highest BCUT2D eigenvalue weighted by Gasteiger charge is 2.10. The van der Waals surface area contributed by atoms with Gasteiger partial charge in [0.2, 0.25) is 5.91 Å². The number of carboxylic acid groups (broad SMARTS) is 1. The first-order valence-corrected chi connectivity index (χ1v) is 7.27. The van der Waals surface area contributed by atoms with Gasteiger partial charge in [-0.25, -0.2) is 4.68 Å². The normalized spacial score (nSPS) is 12.4. The maximum absolute atomic E-state index is 11.8. The van der Waals surface area contributed by atoms with Crippen LogP contribution in [0.15, 0.2) is 6.20 Å². The number of carboxylic acids is 1. The molecule has 0 bridgehead atoms. The molecule has 21 heavy (non-hydrogen) atoms. The molecule has 1 atom stereocenters. The van der Waals surface area contributed by atoms with Crippen LogP contribution in [-0.4, -0.2) is 38.0 Å². The van der Waals surface area contributed by atoms with Crippen LogP contribution >= 0.6 is 0 Å². The highest BCUT2D eigenvalue weighted by atomic mass is 16.4. The van der Waals surface area contributed by atoms with Gasteiger partial charge in [-0.2, -0.15) is 0 Å². The van der Waals surface area contributed by atoms with E-state index in [0.717, 1.165) is 12.8 Å². The van der Waals surface area contributed by atoms with E-state index in [2.05, 4.69) is 29.5 Å². The van der Waals surface area contributed by atoms with Crippen LogP contribution in [0.25, 0.3) is 0 Å². The number of nitrogens with zero attached hydrogens (tertiary/aromatic N) is 3. The number of aromatic nitrogens is 3. The quantitative estimate of drug-likeness (QED) is 0.714. The van der Waals surface area contributed by atoms with Gasteiger partial charge in [0, 0.05) is 18.7 Å². The second-order valence-electron chi connectivity index (χ2n) is 5.74. The molecule has 0 aliphatic carbocycles. The molecule has 1 amide bonds. The molecule has 0 spiro atoms. The molecule has 1 aromatic heterocycles. The Morgan fingerprint density at radius 2 is 2.05 bits per heavy atom. The molecular formula is C14H24N4O3. The molecule has 0 fully saturated rings. The maximum atomic E-state index is 11.8. The van der Waals surface area contributed by atoms with E-state index in [4.69, 9.17) is 5.11 Å². The van der Waals surface area contributed by atoms with Crippen LogP contribution in [0.2, 0.25) is 0 Å². The fourth-order valence-corrected chi connectivity index (χ4v) is 1.89. The maximum Gasteiger partial charge on any atom is 0.303 e. The molecule has 1 aromatic rings. The lowest BCUT2D eigenvalue weighted by Crippen LogP contribution is -2.35. The third-order valence-electron chi connectivity index (χ3n) is 3.07. The predicted octanol–water partition coefficient (Wildman–Crippen LogP) is 1.24. The minimum absolute atomic E-state index is 0.0110. The number of aryl methyl sites for hydroxylation is 1. The summed E-state index contributed by atoms with van der Waals surface area (Å²) in [6, 6.07) is 0.134. The average molecular weight is 296 g/mol. The van der Waals surface area contributed by atoms with E-state index < -0.39 is 5.97 Å². The Bertz CT molecular complexity index is 471. The summed E-state index contributed by atoms with van der Waals surface area (Å²) in [5.74, 6) is -0.362. The molecule has 0 radical (unpaired) electrons. The van der Waals surface area contributed by atoms with Crippen LogP contribution in [0.5, 0.6) is 0 Å². The first-order chi connectivity index (χ1) is 9.86. The van der Waals surface area contributed by atoms with E-state index in [-0.39, 0.29) is 24.9 Å². The Kier molecular flexibility index (Phi) is 6.84. The number of rotatable bonds is 9. The zero-order chi connectivity index (χ0) is 15.8. The summed E-state index contributed by atoms with van der Waals surface area (Å²) >= 11 is 0. The number of carbonyl (C=O) groups is 2. The molecule has 1 unspecified atom stereocenters. The molecule has 0 aliphatic heterocycles. The molecule has 0 aliphatic rings. The SMILES string of the molecule is CC(C)CCC(C)NC(=O)Cn1cc(CCC(=O)O)nn1. The molecule has 0 aromatic carbocycles. The third-order valence-corrected chi connectivity index (χ3v) is 3.07. The minimum Gasteiger partial charge on any atom is -0.481 e. The zero-order valence-electron chi connectivity index (χ0n) is 12.9. The van der Waals surface area contributed by atoms with Crippen LogP contribution in [0, 0.1) is 5.92 Å². The molecule has 2 N–H and O–H groups in total. The number of nitrogens with one attached hydrogen (secondary N) is 1. The summed E-state index contributed by atoms with van der Waals surface area (Å²) in [5, 5.41) is 19.2. The van der Waals surface area contributed by atoms with Crippen LogP contribution in [0.4, 0.5) is 0 Å². The summed E-state index contributed by atoms with van der Waals surface area (Å²) in [5.41, 5.74) is 0.582. The van der Waals surface area contributed by atoms with E-state index in [1.807, 2.05) is 6.92 Å². The molecule has 1 heterocycles. The van der Waals surface area contributed by atoms with Crippen molar-refractivity contribution in [2.24, 2.45) is 5.92 Å². The van der Waals surface area contributed by atoms with Crippen molar-refractivity contribution in [2.45, 2.75) is 59.0 Å². The molecular weight excluding hydrogens is 272 g/mol. The Labute approximate surface area is 124 Å². The monoisotopic (exact) mass is 296 g/mol. The zero-order valence-corrected chi connectivity index (χ0v) is 12.9. The topological polar surface area (TPSA) is 97.1 Å². The minimum atomic E-state index is -0.874. The Hall–Kier alpha value is -1.92. The van der Waals surface area contributed by atoms with Gasteiger partial charge in [0.05, 0.1) is 12.1 Å². The smallest absolute Gasteiger partial charge is 0.303 e. The number of aliphatic carboxylic acids is 1. The third kappa shape index (κ3) is 7.43. The number of hydrogen-bond acceptors (Lipinski definition) is 4. The van der Waals surface area contributed by atoms with Crippen LogP contribution in [-0.2, 0) is 22.6 Å². The lowest BCUT2D eigenvalue weighted by molar-refractivity contribution is -0.137. The van der Waals surface area contributed by atoms with Gasteiger partial charge in [-0.15, -0.1) is 5.10 Å². The lowest BCUT2D eigenvalue weighted by Gasteiger charge is -2.14. The van der Waals surface area contributed by atoms with Crippen molar-refractivity contribution in [3.8, 4) is 0 Å². The van der Waals surface area contributed by atoms with Gasteiger partial charge in [-0.1, -0.05) is 19.1 Å². The lowest BCUT2D eigenvalue weighted by atomic mass is 10.0. The summed E-state index contributed by atoms with van der Waals surface area (Å²) in [7, 11) is 0. The molecule has 7 nitrogen and oxygen atoms in total. The van der Waals surface area contributed by atoms with E-state index in [0.29, 0.717) is 18.0 Å². The molecule has 1 rings (SSSR count). The van der Waals surface area contributed by atoms with Gasteiger partial charge in [0.25, 0.3) is 0 Å². The van der Waals surface area contributed by atoms with Gasteiger partial charge in [0.15, 0.2) is 0 Å². The highest BCUT2D eigenvalue weighted by Crippen LogP contribution is 2.06. The average Bonchev–Trinajstić information content (AvgIpc) is 2.81. The van der Waals surface area contributed by atoms with Crippen molar-refractivity contribution in [3.63, 3.8) is 0 Å². The molecule has 0 saturated heterocycles. The van der Waals surface area contributed by atoms with E-state index in [1.54, 1.807) is 6.20 Å². The van der Waals surface area contributed by atoms with Crippen molar-refractivity contribution in [2.75, 3.05) is 0 Å². The van der Waals surface area contributed by atoms with Gasteiger partial charge in [0.1, 0.15) is 6.54 Å². The summed E-state index contributed by atoms with van der Waals surface area (Å²) in [6.45, 7) is 6.40. The molecule has 7 heteroatoms. The van der Waals surface area contributed by atoms with Crippen LogP contribution < -0.4 is 5.32 Å². The second-order valence-corrected chi connectivity index (χ2v) is 5.74. The molecule has 118 valence electrons. The van der Waals surface area contributed by atoms with Crippen molar-refractivity contribution in [1.29, 1.82) is 0 Å². The molecule has 0 saturated carbocycles. The summed E-state index contributed by atoms with van der Waals surface area (Å²) in [6.07, 6.45) is 3.97. The van der Waals surface area contributed by atoms with E-state index >= 15 is 0 Å². The van der Waals surface area contributed by atoms with Gasteiger partial charge in [-0.05, 0) is 25.7 Å². The van der Waals surface area contributed by atoms with Gasteiger partial charge >= 0.3 is 5.97 Å². The van der Waals surface area contributed by atoms with Crippen molar-refractivity contribution >= 4 is 11.9 Å². The predicted molar refractivity (Wildman–Crippen MR) is 77.7 cm³/mol. The second kappa shape index (κ2) is 8.39. The summed E-state index contributed by atoms with van der Waals surface area (Å²) in [4.78, 5) is 22.3. The van der Waals surface area contributed by atoms with Crippen LogP contribution in [0.1, 0.15) is 45.7 Å². The first-order valence-electron chi connectivity index (χ1n) is 7.27. The van der Waals surface area contributed by atoms with Crippen molar-refractivity contribution < 1.29 is 14.7 Å². The van der Waals surface area contributed by atoms with Crippen molar-refractivity contribution in [3.05, 3.63) is 11.9 Å². The first kappa shape index (κ1) is 17.1. The number of carbonyl (C=O) groups excluding carboxylic acids is 1. The standard InChI is InChI=1S/C14H24N4O3/c1-10(2)4-5-11(3)15-13(19)9-18-8-12(16-17-18)6-7-14(20)21/h8,10-11H,4-7,9H2,1-3H3,(H,15,19)(H,20,21). The van der Waals surface area contributed by atoms with Gasteiger partial charge < -0.3 is 10.4 Å². The summed E-state index contributed by atoms with van der Waals surface area (Å²) < 4.78 is 1.43. The van der Waals surface area contributed by atoms with E-state index in [9.17, 15) is 9.59 Å². The van der Waals surface area contributed by atoms with Crippen LogP contribution in [0.3, 0.4) is 0 Å². The fraction of sp³-hybridized carbons (Fsp3) is 0.714. The Balaban J connectivity index is 2.35. The number of amides is 1. The Morgan fingerprint density at radius 3 is 2.67 bits per heavy atom. The highest BCUT2D eigenvalue weighted by molar-refractivity contribution is 5.75.